The van der Waals surface area contributed by atoms with Crippen LogP contribution in [0.1, 0.15) is 84.6 Å². The van der Waals surface area contributed by atoms with Gasteiger partial charge in [-0.25, -0.2) is 8.78 Å². The van der Waals surface area contributed by atoms with E-state index in [1.807, 2.05) is 0 Å². The standard InChI is InChI=1S/C26H39F2NO/c1-5-7-8-10-20(6-2)25(30)29-16-18(3)26(19(4)17-29,21-11-9-12-21)22-13-14-23(27)24(28)15-22/h13-15,18-21H,5-12,16-17H2,1-4H3. The van der Waals surface area contributed by atoms with Crippen LogP contribution in [0.5, 0.6) is 0 Å². The summed E-state index contributed by atoms with van der Waals surface area (Å²) in [6.45, 7) is 10.2. The molecule has 1 aliphatic heterocycles. The van der Waals surface area contributed by atoms with Gasteiger partial charge in [-0.05, 0) is 61.1 Å². The quantitative estimate of drug-likeness (QED) is 0.428. The second-order valence-electron chi connectivity index (χ2n) is 9.84. The summed E-state index contributed by atoms with van der Waals surface area (Å²) in [5, 5.41) is 0. The number of piperidine rings is 1. The minimum Gasteiger partial charge on any atom is -0.342 e. The first-order chi connectivity index (χ1) is 14.4. The van der Waals surface area contributed by atoms with Gasteiger partial charge in [-0.3, -0.25) is 4.79 Å². The monoisotopic (exact) mass is 419 g/mol. The number of likely N-dealkylation sites (tertiary alicyclic amines) is 1. The number of carbonyl (C=O) groups is 1. The Morgan fingerprint density at radius 3 is 2.27 bits per heavy atom. The van der Waals surface area contributed by atoms with E-state index in [2.05, 4.69) is 32.6 Å². The Bertz CT molecular complexity index is 718. The lowest BCUT2D eigenvalue weighted by atomic mass is 9.50. The van der Waals surface area contributed by atoms with E-state index in [0.717, 1.165) is 37.7 Å². The lowest BCUT2D eigenvalue weighted by Crippen LogP contribution is -2.60. The average Bonchev–Trinajstić information content (AvgIpc) is 2.68. The van der Waals surface area contributed by atoms with Crippen LogP contribution in [-0.2, 0) is 10.2 Å². The zero-order valence-corrected chi connectivity index (χ0v) is 19.2. The number of hydrogen-bond acceptors (Lipinski definition) is 1. The molecule has 0 spiro atoms. The van der Waals surface area contributed by atoms with E-state index >= 15 is 0 Å². The summed E-state index contributed by atoms with van der Waals surface area (Å²) in [6.07, 6.45) is 8.79. The van der Waals surface area contributed by atoms with Crippen molar-refractivity contribution < 1.29 is 13.6 Å². The molecule has 1 heterocycles. The molecule has 0 aromatic heterocycles. The number of rotatable bonds is 8. The van der Waals surface area contributed by atoms with E-state index < -0.39 is 11.6 Å². The van der Waals surface area contributed by atoms with Gasteiger partial charge in [0.25, 0.3) is 0 Å². The fourth-order valence-electron chi connectivity index (χ4n) is 6.37. The molecule has 2 nitrogen and oxygen atoms in total. The number of halogens is 2. The van der Waals surface area contributed by atoms with Gasteiger partial charge in [0.2, 0.25) is 5.91 Å². The van der Waals surface area contributed by atoms with Crippen molar-refractivity contribution in [2.75, 3.05) is 13.1 Å². The average molecular weight is 420 g/mol. The highest BCUT2D eigenvalue weighted by atomic mass is 19.2. The molecule has 1 saturated carbocycles. The second kappa shape index (κ2) is 9.78. The summed E-state index contributed by atoms with van der Waals surface area (Å²) in [4.78, 5) is 15.4. The Morgan fingerprint density at radius 2 is 1.77 bits per heavy atom. The lowest BCUT2D eigenvalue weighted by molar-refractivity contribution is -0.142. The van der Waals surface area contributed by atoms with Crippen molar-refractivity contribution in [2.45, 2.75) is 84.5 Å². The number of benzene rings is 1. The van der Waals surface area contributed by atoms with Crippen LogP contribution < -0.4 is 0 Å². The van der Waals surface area contributed by atoms with Crippen LogP contribution in [0.15, 0.2) is 18.2 Å². The molecular formula is C26H39F2NO. The summed E-state index contributed by atoms with van der Waals surface area (Å²) in [5.74, 6) is -0.229. The molecule has 1 aliphatic carbocycles. The van der Waals surface area contributed by atoms with Gasteiger partial charge in [0.1, 0.15) is 0 Å². The van der Waals surface area contributed by atoms with E-state index in [4.69, 9.17) is 0 Å². The Hall–Kier alpha value is -1.45. The van der Waals surface area contributed by atoms with Crippen molar-refractivity contribution in [3.63, 3.8) is 0 Å². The summed E-state index contributed by atoms with van der Waals surface area (Å²) in [7, 11) is 0. The van der Waals surface area contributed by atoms with Gasteiger partial charge in [-0.15, -0.1) is 0 Å². The molecule has 168 valence electrons. The first kappa shape index (κ1) is 23.2. The second-order valence-corrected chi connectivity index (χ2v) is 9.84. The Kier molecular flexibility index (Phi) is 7.57. The highest BCUT2D eigenvalue weighted by Crippen LogP contribution is 2.55. The van der Waals surface area contributed by atoms with Crippen molar-refractivity contribution in [3.05, 3.63) is 35.4 Å². The van der Waals surface area contributed by atoms with E-state index in [1.54, 1.807) is 6.07 Å². The maximum absolute atomic E-state index is 14.2. The number of hydrogen-bond donors (Lipinski definition) is 0. The summed E-state index contributed by atoms with van der Waals surface area (Å²) >= 11 is 0. The lowest BCUT2D eigenvalue weighted by Gasteiger charge is -2.58. The minimum absolute atomic E-state index is 0.107. The van der Waals surface area contributed by atoms with Gasteiger partial charge < -0.3 is 4.90 Å². The van der Waals surface area contributed by atoms with Crippen LogP contribution in [0.2, 0.25) is 0 Å². The molecule has 4 heteroatoms. The van der Waals surface area contributed by atoms with Crippen LogP contribution in [0.3, 0.4) is 0 Å². The Morgan fingerprint density at radius 1 is 1.10 bits per heavy atom. The molecule has 0 radical (unpaired) electrons. The van der Waals surface area contributed by atoms with E-state index in [-0.39, 0.29) is 23.2 Å². The van der Waals surface area contributed by atoms with Crippen molar-refractivity contribution in [3.8, 4) is 0 Å². The van der Waals surface area contributed by atoms with E-state index in [9.17, 15) is 13.6 Å². The van der Waals surface area contributed by atoms with Gasteiger partial charge >= 0.3 is 0 Å². The summed E-state index contributed by atoms with van der Waals surface area (Å²) in [5.41, 5.74) is 0.737. The molecule has 1 aromatic carbocycles. The molecule has 2 fully saturated rings. The zero-order valence-electron chi connectivity index (χ0n) is 19.2. The van der Waals surface area contributed by atoms with Crippen molar-refractivity contribution in [1.82, 2.24) is 4.90 Å². The van der Waals surface area contributed by atoms with Gasteiger partial charge in [-0.1, -0.05) is 59.4 Å². The Labute approximate surface area is 181 Å². The largest absolute Gasteiger partial charge is 0.342 e. The van der Waals surface area contributed by atoms with Crippen LogP contribution >= 0.6 is 0 Å². The number of nitrogens with zero attached hydrogens (tertiary/aromatic N) is 1. The fraction of sp³-hybridized carbons (Fsp3) is 0.731. The molecule has 30 heavy (non-hydrogen) atoms. The van der Waals surface area contributed by atoms with Gasteiger partial charge in [0.05, 0.1) is 0 Å². The third-order valence-electron chi connectivity index (χ3n) is 8.13. The van der Waals surface area contributed by atoms with Crippen LogP contribution in [-0.4, -0.2) is 23.9 Å². The van der Waals surface area contributed by atoms with Crippen LogP contribution in [0.25, 0.3) is 0 Å². The molecule has 3 rings (SSSR count). The van der Waals surface area contributed by atoms with Gasteiger partial charge in [-0.2, -0.15) is 0 Å². The fourth-order valence-corrected chi connectivity index (χ4v) is 6.37. The highest BCUT2D eigenvalue weighted by Gasteiger charge is 2.54. The summed E-state index contributed by atoms with van der Waals surface area (Å²) in [6, 6.07) is 4.50. The van der Waals surface area contributed by atoms with E-state index in [0.29, 0.717) is 24.9 Å². The molecule has 2 aliphatic rings. The smallest absolute Gasteiger partial charge is 0.225 e. The zero-order chi connectivity index (χ0) is 21.9. The van der Waals surface area contributed by atoms with Gasteiger partial charge in [0.15, 0.2) is 11.6 Å². The molecule has 1 saturated heterocycles. The predicted octanol–water partition coefficient (Wildman–Crippen LogP) is 6.72. The predicted molar refractivity (Wildman–Crippen MR) is 118 cm³/mol. The maximum atomic E-state index is 14.2. The van der Waals surface area contributed by atoms with Crippen molar-refractivity contribution >= 4 is 5.91 Å². The van der Waals surface area contributed by atoms with Crippen LogP contribution in [0, 0.1) is 35.3 Å². The van der Waals surface area contributed by atoms with Crippen molar-refractivity contribution in [1.29, 1.82) is 0 Å². The molecule has 0 bridgehead atoms. The van der Waals surface area contributed by atoms with E-state index in [1.165, 1.54) is 31.4 Å². The molecule has 0 N–H and O–H groups in total. The molecule has 1 aromatic rings. The minimum atomic E-state index is -0.784. The van der Waals surface area contributed by atoms with Gasteiger partial charge in [0, 0.05) is 24.4 Å². The first-order valence-corrected chi connectivity index (χ1v) is 12.1. The highest BCUT2D eigenvalue weighted by molar-refractivity contribution is 5.79. The normalized spacial score (nSPS) is 28.3. The molecule has 3 atom stereocenters. The SMILES string of the molecule is CCCCCC(CC)C(=O)N1CC(C)C(c2ccc(F)c(F)c2)(C2CCC2)C(C)C1. The number of unbranched alkanes of at least 4 members (excludes halogenated alkanes) is 2. The summed E-state index contributed by atoms with van der Waals surface area (Å²) < 4.78 is 27.9. The topological polar surface area (TPSA) is 20.3 Å². The molecular weight excluding hydrogens is 380 g/mol. The van der Waals surface area contributed by atoms with Crippen LogP contribution in [0.4, 0.5) is 8.78 Å². The maximum Gasteiger partial charge on any atom is 0.225 e. The molecule has 3 unspecified atom stereocenters. The Balaban J connectivity index is 1.85. The molecule has 1 amide bonds. The third-order valence-corrected chi connectivity index (χ3v) is 8.13. The first-order valence-electron chi connectivity index (χ1n) is 12.1. The number of carbonyl (C=O) groups excluding carboxylic acids is 1. The van der Waals surface area contributed by atoms with Crippen molar-refractivity contribution in [2.24, 2.45) is 23.7 Å². The number of amides is 1. The third kappa shape index (κ3) is 4.16.